The first-order chi connectivity index (χ1) is 12.3. The monoisotopic (exact) mass is 362 g/mol. The quantitative estimate of drug-likeness (QED) is 0.309. The van der Waals surface area contributed by atoms with Gasteiger partial charge in [0.2, 0.25) is 6.41 Å². The summed E-state index contributed by atoms with van der Waals surface area (Å²) < 4.78 is 15.7. The maximum Gasteiger partial charge on any atom is 0.308 e. The van der Waals surface area contributed by atoms with E-state index in [1.807, 2.05) is 20.8 Å². The molecular formula is C18H22N2O6. The molecule has 0 saturated heterocycles. The Labute approximate surface area is 151 Å². The van der Waals surface area contributed by atoms with Crippen LogP contribution in [0.1, 0.15) is 27.7 Å². The van der Waals surface area contributed by atoms with Crippen LogP contribution in [0, 0.1) is 0 Å². The summed E-state index contributed by atoms with van der Waals surface area (Å²) >= 11 is 0. The highest BCUT2D eigenvalue weighted by molar-refractivity contribution is 5.69. The minimum absolute atomic E-state index is 0.201. The molecule has 8 heteroatoms. The first-order valence-electron chi connectivity index (χ1n) is 8.06. The maximum absolute atomic E-state index is 11.0. The van der Waals surface area contributed by atoms with E-state index < -0.39 is 5.60 Å². The molecule has 0 fully saturated rings. The van der Waals surface area contributed by atoms with Crippen molar-refractivity contribution in [3.63, 3.8) is 0 Å². The molecule has 1 heterocycles. The van der Waals surface area contributed by atoms with Gasteiger partial charge in [0.25, 0.3) is 5.88 Å². The second-order valence-corrected chi connectivity index (χ2v) is 6.45. The third kappa shape index (κ3) is 6.21. The van der Waals surface area contributed by atoms with Gasteiger partial charge in [0.1, 0.15) is 12.4 Å². The van der Waals surface area contributed by atoms with E-state index in [-0.39, 0.29) is 19.1 Å². The van der Waals surface area contributed by atoms with Crippen LogP contribution in [-0.4, -0.2) is 41.4 Å². The van der Waals surface area contributed by atoms with Crippen LogP contribution < -0.4 is 9.47 Å². The molecule has 0 aliphatic heterocycles. The average Bonchev–Trinajstić information content (AvgIpc) is 3.02. The molecule has 0 aliphatic rings. The lowest BCUT2D eigenvalue weighted by Crippen LogP contribution is -2.35. The predicted molar refractivity (Wildman–Crippen MR) is 92.4 cm³/mol. The summed E-state index contributed by atoms with van der Waals surface area (Å²) in [4.78, 5) is 27.3. The molecule has 0 bridgehead atoms. The number of aromatic nitrogens is 1. The van der Waals surface area contributed by atoms with Crippen molar-refractivity contribution < 1.29 is 28.4 Å². The first kappa shape index (κ1) is 19.5. The van der Waals surface area contributed by atoms with Crippen molar-refractivity contribution in [1.82, 2.24) is 10.2 Å². The number of hydrogen-bond donors (Lipinski definition) is 0. The van der Waals surface area contributed by atoms with E-state index in [0.717, 1.165) is 5.56 Å². The minimum atomic E-state index is -0.472. The van der Waals surface area contributed by atoms with E-state index in [4.69, 9.17) is 18.8 Å². The number of benzene rings is 1. The fourth-order valence-electron chi connectivity index (χ4n) is 2.03. The summed E-state index contributed by atoms with van der Waals surface area (Å²) in [6.07, 6.45) is 0.605. The minimum Gasteiger partial charge on any atom is -0.474 e. The molecule has 0 saturated carbocycles. The fourth-order valence-corrected chi connectivity index (χ4v) is 2.03. The second-order valence-electron chi connectivity index (χ2n) is 6.45. The van der Waals surface area contributed by atoms with Gasteiger partial charge in [-0.2, -0.15) is 0 Å². The average molecular weight is 362 g/mol. The SMILES string of the molecule is CC(=O)Oc1ccc(-c2cc(OCCN(C=O)OC(C)(C)C)no2)cc1. The molecule has 0 spiro atoms. The molecule has 8 nitrogen and oxygen atoms in total. The van der Waals surface area contributed by atoms with Crippen molar-refractivity contribution in [2.75, 3.05) is 13.2 Å². The van der Waals surface area contributed by atoms with Gasteiger partial charge in [0, 0.05) is 18.6 Å². The van der Waals surface area contributed by atoms with Gasteiger partial charge in [-0.3, -0.25) is 14.4 Å². The van der Waals surface area contributed by atoms with E-state index >= 15 is 0 Å². The van der Waals surface area contributed by atoms with Crippen molar-refractivity contribution in [1.29, 1.82) is 0 Å². The van der Waals surface area contributed by atoms with E-state index in [1.54, 1.807) is 30.3 Å². The zero-order chi connectivity index (χ0) is 19.2. The third-order valence-electron chi connectivity index (χ3n) is 2.96. The zero-order valence-corrected chi connectivity index (χ0v) is 15.2. The lowest BCUT2D eigenvalue weighted by atomic mass is 10.2. The second kappa shape index (κ2) is 8.48. The summed E-state index contributed by atoms with van der Waals surface area (Å²) in [7, 11) is 0. The van der Waals surface area contributed by atoms with Gasteiger partial charge < -0.3 is 14.0 Å². The molecule has 1 aromatic heterocycles. The molecule has 0 unspecified atom stereocenters. The molecule has 0 aliphatic carbocycles. The Bertz CT molecular complexity index is 733. The normalized spacial score (nSPS) is 11.1. The van der Waals surface area contributed by atoms with Gasteiger partial charge >= 0.3 is 5.97 Å². The Morgan fingerprint density at radius 3 is 2.54 bits per heavy atom. The molecule has 1 aromatic carbocycles. The topological polar surface area (TPSA) is 91.1 Å². The van der Waals surface area contributed by atoms with Crippen LogP contribution in [0.15, 0.2) is 34.9 Å². The number of hydrogen-bond acceptors (Lipinski definition) is 7. The van der Waals surface area contributed by atoms with Crippen LogP contribution in [0.2, 0.25) is 0 Å². The van der Waals surface area contributed by atoms with Crippen molar-refractivity contribution in [3.8, 4) is 23.0 Å². The van der Waals surface area contributed by atoms with Gasteiger partial charge in [0.05, 0.1) is 12.1 Å². The van der Waals surface area contributed by atoms with Crippen LogP contribution in [0.25, 0.3) is 11.3 Å². The van der Waals surface area contributed by atoms with Crippen LogP contribution in [0.5, 0.6) is 11.6 Å². The Morgan fingerprint density at radius 2 is 1.96 bits per heavy atom. The summed E-state index contributed by atoms with van der Waals surface area (Å²) in [6.45, 7) is 7.33. The number of amides is 1. The molecule has 2 rings (SSSR count). The molecule has 2 aromatic rings. The first-order valence-corrected chi connectivity index (χ1v) is 8.06. The lowest BCUT2D eigenvalue weighted by Gasteiger charge is -2.26. The number of nitrogens with zero attached hydrogens (tertiary/aromatic N) is 2. The number of carbonyl (C=O) groups excluding carboxylic acids is 2. The fraction of sp³-hybridized carbons (Fsp3) is 0.389. The largest absolute Gasteiger partial charge is 0.474 e. The Morgan fingerprint density at radius 1 is 1.27 bits per heavy atom. The predicted octanol–water partition coefficient (Wildman–Crippen LogP) is 2.83. The molecule has 0 N–H and O–H groups in total. The smallest absolute Gasteiger partial charge is 0.308 e. The number of rotatable bonds is 8. The van der Waals surface area contributed by atoms with Crippen LogP contribution in [0.4, 0.5) is 0 Å². The van der Waals surface area contributed by atoms with Crippen molar-refractivity contribution in [3.05, 3.63) is 30.3 Å². The summed E-state index contributed by atoms with van der Waals surface area (Å²) in [5.41, 5.74) is 0.286. The molecule has 1 amide bonds. The molecular weight excluding hydrogens is 340 g/mol. The number of esters is 1. The van der Waals surface area contributed by atoms with E-state index in [1.165, 1.54) is 12.0 Å². The van der Waals surface area contributed by atoms with Crippen molar-refractivity contribution in [2.24, 2.45) is 0 Å². The number of ether oxygens (including phenoxy) is 2. The van der Waals surface area contributed by atoms with Crippen molar-refractivity contribution in [2.45, 2.75) is 33.3 Å². The van der Waals surface area contributed by atoms with Gasteiger partial charge in [-0.1, -0.05) is 0 Å². The summed E-state index contributed by atoms with van der Waals surface area (Å²) in [5.74, 6) is 0.871. The Hall–Kier alpha value is -2.87. The Balaban J connectivity index is 1.89. The maximum atomic E-state index is 11.0. The molecule has 140 valence electrons. The number of carbonyl (C=O) groups is 2. The highest BCUT2D eigenvalue weighted by Crippen LogP contribution is 2.25. The standard InChI is InChI=1S/C18H22N2O6/c1-13(22)24-15-7-5-14(6-8-15)16-11-17(19-25-16)23-10-9-20(12-21)26-18(2,3)4/h5-8,11-12H,9-10H2,1-4H3. The van der Waals surface area contributed by atoms with Gasteiger partial charge in [-0.05, 0) is 50.2 Å². The third-order valence-corrected chi connectivity index (χ3v) is 2.96. The van der Waals surface area contributed by atoms with E-state index in [9.17, 15) is 9.59 Å². The molecule has 0 radical (unpaired) electrons. The van der Waals surface area contributed by atoms with E-state index in [2.05, 4.69) is 5.16 Å². The Kier molecular flexibility index (Phi) is 6.35. The highest BCUT2D eigenvalue weighted by atomic mass is 16.7. The van der Waals surface area contributed by atoms with Gasteiger partial charge in [-0.25, -0.2) is 5.06 Å². The number of hydroxylamine groups is 2. The van der Waals surface area contributed by atoms with Gasteiger partial charge in [0.15, 0.2) is 5.76 Å². The van der Waals surface area contributed by atoms with Crippen LogP contribution in [-0.2, 0) is 14.4 Å². The summed E-state index contributed by atoms with van der Waals surface area (Å²) in [6, 6.07) is 8.44. The molecule has 0 atom stereocenters. The highest BCUT2D eigenvalue weighted by Gasteiger charge is 2.16. The van der Waals surface area contributed by atoms with Crippen LogP contribution >= 0.6 is 0 Å². The van der Waals surface area contributed by atoms with Gasteiger partial charge in [-0.15, -0.1) is 0 Å². The zero-order valence-electron chi connectivity index (χ0n) is 15.2. The van der Waals surface area contributed by atoms with E-state index in [0.29, 0.717) is 23.8 Å². The lowest BCUT2D eigenvalue weighted by molar-refractivity contribution is -0.217. The van der Waals surface area contributed by atoms with Crippen molar-refractivity contribution >= 4 is 12.4 Å². The summed E-state index contributed by atoms with van der Waals surface area (Å²) in [5, 5.41) is 5.01. The molecule has 26 heavy (non-hydrogen) atoms. The van der Waals surface area contributed by atoms with Crippen LogP contribution in [0.3, 0.4) is 0 Å².